The number of Topliss-reactive ketones (excluding diaryl/α,β-unsaturated/α-hetero) is 1. The van der Waals surface area contributed by atoms with E-state index in [2.05, 4.69) is 24.7 Å². The second kappa shape index (κ2) is 9.19. The minimum atomic E-state index is -1.10. The van der Waals surface area contributed by atoms with Crippen LogP contribution in [-0.4, -0.2) is 42.8 Å². The van der Waals surface area contributed by atoms with Crippen molar-refractivity contribution < 1.29 is 19.1 Å². The van der Waals surface area contributed by atoms with Gasteiger partial charge in [-0.15, -0.1) is 11.3 Å². The van der Waals surface area contributed by atoms with E-state index < -0.39 is 8.07 Å². The molecule has 0 saturated carbocycles. The Morgan fingerprint density at radius 1 is 1.17 bits per heavy atom. The minimum absolute atomic E-state index is 0.0329. The van der Waals surface area contributed by atoms with E-state index in [4.69, 9.17) is 9.47 Å². The van der Waals surface area contributed by atoms with Gasteiger partial charge in [0.1, 0.15) is 6.73 Å². The number of carbonyl (C=O) groups is 2. The molecule has 0 aliphatic heterocycles. The molecule has 3 aromatic rings. The lowest BCUT2D eigenvalue weighted by Crippen LogP contribution is -2.22. The van der Waals surface area contributed by atoms with Crippen LogP contribution in [0.2, 0.25) is 25.7 Å². The van der Waals surface area contributed by atoms with Crippen molar-refractivity contribution in [3.63, 3.8) is 0 Å². The second-order valence-corrected chi connectivity index (χ2v) is 15.0. The number of fused-ring (bicyclic) bond motifs is 3. The summed E-state index contributed by atoms with van der Waals surface area (Å²) < 4.78 is 13.5. The van der Waals surface area contributed by atoms with E-state index in [0.717, 1.165) is 33.6 Å². The van der Waals surface area contributed by atoms with Gasteiger partial charge in [0.25, 0.3) is 0 Å². The van der Waals surface area contributed by atoms with Gasteiger partial charge in [0.2, 0.25) is 0 Å². The number of hydrogen-bond donors (Lipinski definition) is 0. The molecule has 0 unspecified atom stereocenters. The Morgan fingerprint density at radius 3 is 2.69 bits per heavy atom. The van der Waals surface area contributed by atoms with Gasteiger partial charge >= 0.3 is 5.97 Å². The number of thiophene rings is 1. The summed E-state index contributed by atoms with van der Waals surface area (Å²) in [4.78, 5) is 24.6. The van der Waals surface area contributed by atoms with Gasteiger partial charge in [0, 0.05) is 42.8 Å². The molecular weight excluding hydrogens is 404 g/mol. The standard InChI is InChI=1S/C21H28N2O4SSi/c1-5-27-21(25)9-7-18(24)20-12-15-16-13-23(14-26-10-11-29(2,3)4)22-17(16)6-8-19(15)28-20/h6,8,12-13H,5,7,9-11,14H2,1-4H3. The van der Waals surface area contributed by atoms with Crippen LogP contribution in [0.3, 0.4) is 0 Å². The summed E-state index contributed by atoms with van der Waals surface area (Å²) >= 11 is 1.45. The van der Waals surface area contributed by atoms with Gasteiger partial charge in [0.05, 0.1) is 23.4 Å². The lowest BCUT2D eigenvalue weighted by Gasteiger charge is -2.15. The van der Waals surface area contributed by atoms with Crippen LogP contribution >= 0.6 is 11.3 Å². The number of carbonyl (C=O) groups excluding carboxylic acids is 2. The fourth-order valence-corrected chi connectivity index (χ4v) is 4.77. The molecule has 0 bridgehead atoms. The van der Waals surface area contributed by atoms with Crippen molar-refractivity contribution in [2.24, 2.45) is 0 Å². The number of esters is 1. The molecule has 29 heavy (non-hydrogen) atoms. The first-order chi connectivity index (χ1) is 13.8. The molecule has 0 atom stereocenters. The van der Waals surface area contributed by atoms with Gasteiger partial charge in [-0.1, -0.05) is 19.6 Å². The Morgan fingerprint density at radius 2 is 1.97 bits per heavy atom. The van der Waals surface area contributed by atoms with Crippen LogP contribution in [0.15, 0.2) is 24.4 Å². The first-order valence-electron chi connectivity index (χ1n) is 9.93. The second-order valence-electron chi connectivity index (χ2n) is 8.27. The molecular formula is C21H28N2O4SSi. The minimum Gasteiger partial charge on any atom is -0.466 e. The van der Waals surface area contributed by atoms with Crippen LogP contribution in [-0.2, 0) is 21.0 Å². The molecule has 0 N–H and O–H groups in total. The highest BCUT2D eigenvalue weighted by atomic mass is 32.1. The largest absolute Gasteiger partial charge is 0.466 e. The zero-order valence-electron chi connectivity index (χ0n) is 17.5. The molecule has 0 spiro atoms. The van der Waals surface area contributed by atoms with Gasteiger partial charge in [0.15, 0.2) is 5.78 Å². The number of hydrogen-bond acceptors (Lipinski definition) is 6. The van der Waals surface area contributed by atoms with E-state index in [0.29, 0.717) is 18.2 Å². The summed E-state index contributed by atoms with van der Waals surface area (Å²) in [5, 5.41) is 6.62. The lowest BCUT2D eigenvalue weighted by molar-refractivity contribution is -0.143. The Balaban J connectivity index is 1.71. The molecule has 6 nitrogen and oxygen atoms in total. The van der Waals surface area contributed by atoms with Crippen LogP contribution < -0.4 is 0 Å². The average Bonchev–Trinajstić information content (AvgIpc) is 3.26. The van der Waals surface area contributed by atoms with E-state index in [9.17, 15) is 9.59 Å². The molecule has 0 fully saturated rings. The van der Waals surface area contributed by atoms with Crippen molar-refractivity contribution in [3.8, 4) is 0 Å². The fraction of sp³-hybridized carbons (Fsp3) is 0.476. The van der Waals surface area contributed by atoms with E-state index in [1.54, 1.807) is 6.92 Å². The number of aromatic nitrogens is 2. The number of nitrogens with zero attached hydrogens (tertiary/aromatic N) is 2. The molecule has 2 heterocycles. The molecule has 0 radical (unpaired) electrons. The Labute approximate surface area is 175 Å². The zero-order chi connectivity index (χ0) is 21.0. The number of ketones is 1. The normalized spacial score (nSPS) is 12.0. The summed E-state index contributed by atoms with van der Waals surface area (Å²) in [6.45, 7) is 10.3. The van der Waals surface area contributed by atoms with Gasteiger partial charge in [-0.3, -0.25) is 9.59 Å². The average molecular weight is 433 g/mol. The number of rotatable bonds is 10. The summed E-state index contributed by atoms with van der Waals surface area (Å²) in [5.74, 6) is -0.366. The number of ether oxygens (including phenoxy) is 2. The van der Waals surface area contributed by atoms with Gasteiger partial charge in [-0.05, 0) is 31.2 Å². The maximum absolute atomic E-state index is 12.5. The molecule has 0 aliphatic rings. The Kier molecular flexibility index (Phi) is 6.87. The summed E-state index contributed by atoms with van der Waals surface area (Å²) in [7, 11) is -1.10. The summed E-state index contributed by atoms with van der Waals surface area (Å²) in [6, 6.07) is 7.00. The van der Waals surface area contributed by atoms with Crippen LogP contribution in [0.25, 0.3) is 21.0 Å². The summed E-state index contributed by atoms with van der Waals surface area (Å²) in [5.41, 5.74) is 0.884. The first-order valence-corrected chi connectivity index (χ1v) is 14.5. The van der Waals surface area contributed by atoms with Gasteiger partial charge < -0.3 is 9.47 Å². The maximum atomic E-state index is 12.5. The van der Waals surface area contributed by atoms with E-state index >= 15 is 0 Å². The molecule has 0 saturated heterocycles. The van der Waals surface area contributed by atoms with Crippen LogP contribution in [0, 0.1) is 0 Å². The summed E-state index contributed by atoms with van der Waals surface area (Å²) in [6.07, 6.45) is 2.26. The highest BCUT2D eigenvalue weighted by molar-refractivity contribution is 7.21. The predicted octanol–water partition coefficient (Wildman–Crippen LogP) is 5.09. The molecule has 8 heteroatoms. The monoisotopic (exact) mass is 432 g/mol. The maximum Gasteiger partial charge on any atom is 0.306 e. The van der Waals surface area contributed by atoms with Crippen LogP contribution in [0.4, 0.5) is 0 Å². The number of benzene rings is 1. The van der Waals surface area contributed by atoms with Crippen molar-refractivity contribution in [2.75, 3.05) is 13.2 Å². The van der Waals surface area contributed by atoms with Crippen molar-refractivity contribution in [1.29, 1.82) is 0 Å². The van der Waals surface area contributed by atoms with Crippen molar-refractivity contribution >= 4 is 52.2 Å². The van der Waals surface area contributed by atoms with Crippen molar-refractivity contribution in [3.05, 3.63) is 29.3 Å². The molecule has 0 amide bonds. The zero-order valence-corrected chi connectivity index (χ0v) is 19.3. The van der Waals surface area contributed by atoms with E-state index in [1.165, 1.54) is 11.3 Å². The van der Waals surface area contributed by atoms with Crippen molar-refractivity contribution in [1.82, 2.24) is 9.78 Å². The fourth-order valence-electron chi connectivity index (χ4n) is 2.97. The van der Waals surface area contributed by atoms with Crippen LogP contribution in [0.5, 0.6) is 0 Å². The van der Waals surface area contributed by atoms with Crippen LogP contribution in [0.1, 0.15) is 29.4 Å². The molecule has 3 rings (SSSR count). The van der Waals surface area contributed by atoms with E-state index in [1.807, 2.05) is 29.1 Å². The molecule has 1 aromatic carbocycles. The Hall–Kier alpha value is -2.03. The quantitative estimate of drug-likeness (QED) is 0.193. The molecule has 156 valence electrons. The third-order valence-electron chi connectivity index (χ3n) is 4.59. The smallest absolute Gasteiger partial charge is 0.306 e. The van der Waals surface area contributed by atoms with E-state index in [-0.39, 0.29) is 24.6 Å². The van der Waals surface area contributed by atoms with Gasteiger partial charge in [-0.25, -0.2) is 4.68 Å². The molecule has 0 aliphatic carbocycles. The highest BCUT2D eigenvalue weighted by Crippen LogP contribution is 2.32. The highest BCUT2D eigenvalue weighted by Gasteiger charge is 2.16. The topological polar surface area (TPSA) is 70.4 Å². The third-order valence-corrected chi connectivity index (χ3v) is 7.44. The lowest BCUT2D eigenvalue weighted by atomic mass is 10.1. The first kappa shape index (κ1) is 21.7. The van der Waals surface area contributed by atoms with Crippen molar-refractivity contribution in [2.45, 2.75) is 52.2 Å². The Bertz CT molecular complexity index is 1020. The predicted molar refractivity (Wildman–Crippen MR) is 119 cm³/mol. The molecule has 2 aromatic heterocycles. The van der Waals surface area contributed by atoms with Gasteiger partial charge in [-0.2, -0.15) is 5.10 Å². The third kappa shape index (κ3) is 5.74. The SMILES string of the molecule is CCOC(=O)CCC(=O)c1cc2c(ccc3nn(COCC[Si](C)(C)C)cc32)s1.